The SMILES string of the molecule is CCC(C)N1CCCN(c2ccc3nc(-c4cccc(Cl)c4)n(CC(=O)NC(C)C)c(=O)c3c2)CC1. The average molecular weight is 510 g/mol. The Morgan fingerprint density at radius 3 is 2.61 bits per heavy atom. The summed E-state index contributed by atoms with van der Waals surface area (Å²) in [6.07, 6.45) is 2.22. The number of hydrogen-bond acceptors (Lipinski definition) is 5. The summed E-state index contributed by atoms with van der Waals surface area (Å²) in [5.41, 5.74) is 2.09. The molecule has 4 rings (SSSR count). The summed E-state index contributed by atoms with van der Waals surface area (Å²) in [4.78, 5) is 36.2. The molecule has 1 unspecified atom stereocenters. The highest BCUT2D eigenvalue weighted by Crippen LogP contribution is 2.25. The lowest BCUT2D eigenvalue weighted by Gasteiger charge is -2.27. The molecule has 1 amide bonds. The number of aromatic nitrogens is 2. The lowest BCUT2D eigenvalue weighted by atomic mass is 10.1. The molecule has 3 aromatic rings. The van der Waals surface area contributed by atoms with E-state index in [1.807, 2.05) is 44.2 Å². The molecule has 1 aliphatic rings. The van der Waals surface area contributed by atoms with Crippen LogP contribution in [0, 0.1) is 0 Å². The smallest absolute Gasteiger partial charge is 0.262 e. The van der Waals surface area contributed by atoms with Gasteiger partial charge in [0.25, 0.3) is 5.56 Å². The number of carbonyl (C=O) groups is 1. The molecule has 0 aliphatic carbocycles. The second-order valence-corrected chi connectivity index (χ2v) is 10.3. The van der Waals surface area contributed by atoms with Crippen molar-refractivity contribution in [3.05, 3.63) is 57.8 Å². The van der Waals surface area contributed by atoms with Crippen molar-refractivity contribution in [1.82, 2.24) is 19.8 Å². The van der Waals surface area contributed by atoms with E-state index in [0.717, 1.165) is 44.7 Å². The van der Waals surface area contributed by atoms with Gasteiger partial charge in [0.1, 0.15) is 12.4 Å². The van der Waals surface area contributed by atoms with Gasteiger partial charge in [-0.25, -0.2) is 4.98 Å². The van der Waals surface area contributed by atoms with Gasteiger partial charge in [0.15, 0.2) is 0 Å². The predicted molar refractivity (Wildman–Crippen MR) is 148 cm³/mol. The van der Waals surface area contributed by atoms with E-state index in [-0.39, 0.29) is 24.1 Å². The van der Waals surface area contributed by atoms with Gasteiger partial charge < -0.3 is 10.2 Å². The van der Waals surface area contributed by atoms with Gasteiger partial charge in [-0.2, -0.15) is 0 Å². The van der Waals surface area contributed by atoms with Crippen LogP contribution in [0.25, 0.3) is 22.3 Å². The molecule has 36 heavy (non-hydrogen) atoms. The standard InChI is InChI=1S/C28H36ClN5O2/c1-5-20(4)32-12-7-13-33(15-14-32)23-10-11-25-24(17-23)28(36)34(18-26(35)30-19(2)3)27(31-25)21-8-6-9-22(29)16-21/h6,8-11,16-17,19-20H,5,7,12-15,18H2,1-4H3,(H,30,35). The lowest BCUT2D eigenvalue weighted by Crippen LogP contribution is -2.37. The van der Waals surface area contributed by atoms with Crippen LogP contribution >= 0.6 is 11.6 Å². The summed E-state index contributed by atoms with van der Waals surface area (Å²) in [6, 6.07) is 13.6. The predicted octanol–water partition coefficient (Wildman–Crippen LogP) is 4.55. The molecule has 2 heterocycles. The lowest BCUT2D eigenvalue weighted by molar-refractivity contribution is -0.122. The normalized spacial score (nSPS) is 15.8. The number of fused-ring (bicyclic) bond motifs is 1. The molecule has 1 N–H and O–H groups in total. The topological polar surface area (TPSA) is 70.5 Å². The van der Waals surface area contributed by atoms with E-state index < -0.39 is 0 Å². The average Bonchev–Trinajstić information content (AvgIpc) is 3.11. The van der Waals surface area contributed by atoms with Gasteiger partial charge in [0.05, 0.1) is 10.9 Å². The zero-order valence-electron chi connectivity index (χ0n) is 21.6. The molecule has 0 saturated carbocycles. The third kappa shape index (κ3) is 5.90. The van der Waals surface area contributed by atoms with E-state index in [1.54, 1.807) is 12.1 Å². The first-order chi connectivity index (χ1) is 17.3. The monoisotopic (exact) mass is 509 g/mol. The molecule has 1 aliphatic heterocycles. The Kier molecular flexibility index (Phi) is 8.32. The minimum absolute atomic E-state index is 0.0270. The van der Waals surface area contributed by atoms with Crippen LogP contribution in [0.4, 0.5) is 5.69 Å². The van der Waals surface area contributed by atoms with Crippen molar-refractivity contribution in [2.45, 2.75) is 59.2 Å². The number of anilines is 1. The molecule has 1 fully saturated rings. The van der Waals surface area contributed by atoms with Crippen LogP contribution in [0.1, 0.15) is 40.5 Å². The molecule has 8 heteroatoms. The van der Waals surface area contributed by atoms with Gasteiger partial charge in [-0.1, -0.05) is 30.7 Å². The summed E-state index contributed by atoms with van der Waals surface area (Å²) in [5.74, 6) is 0.200. The van der Waals surface area contributed by atoms with Crippen molar-refractivity contribution < 1.29 is 4.79 Å². The highest BCUT2D eigenvalue weighted by molar-refractivity contribution is 6.30. The molecule has 0 radical (unpaired) electrons. The molecule has 1 atom stereocenters. The van der Waals surface area contributed by atoms with Crippen molar-refractivity contribution in [2.75, 3.05) is 31.1 Å². The van der Waals surface area contributed by atoms with E-state index in [2.05, 4.69) is 29.0 Å². The fraction of sp³-hybridized carbons (Fsp3) is 0.464. The van der Waals surface area contributed by atoms with Crippen LogP contribution in [0.2, 0.25) is 5.02 Å². The quantitative estimate of drug-likeness (QED) is 0.506. The van der Waals surface area contributed by atoms with Crippen molar-refractivity contribution in [3.8, 4) is 11.4 Å². The molecule has 1 saturated heterocycles. The summed E-state index contributed by atoms with van der Waals surface area (Å²) < 4.78 is 1.46. The molecular weight excluding hydrogens is 474 g/mol. The summed E-state index contributed by atoms with van der Waals surface area (Å²) in [6.45, 7) is 12.1. The third-order valence-electron chi connectivity index (χ3n) is 6.88. The minimum atomic E-state index is -0.231. The Labute approximate surface area is 218 Å². The van der Waals surface area contributed by atoms with Crippen LogP contribution in [0.15, 0.2) is 47.3 Å². The van der Waals surface area contributed by atoms with Crippen molar-refractivity contribution in [3.63, 3.8) is 0 Å². The number of hydrogen-bond donors (Lipinski definition) is 1. The largest absolute Gasteiger partial charge is 0.370 e. The Bertz CT molecular complexity index is 1290. The zero-order chi connectivity index (χ0) is 25.8. The molecule has 2 aromatic carbocycles. The number of nitrogens with one attached hydrogen (secondary N) is 1. The zero-order valence-corrected chi connectivity index (χ0v) is 22.4. The van der Waals surface area contributed by atoms with Crippen LogP contribution in [0.5, 0.6) is 0 Å². The number of rotatable bonds is 7. The van der Waals surface area contributed by atoms with Gasteiger partial charge in [-0.15, -0.1) is 0 Å². The molecule has 0 bridgehead atoms. The second-order valence-electron chi connectivity index (χ2n) is 9.89. The number of amides is 1. The Balaban J connectivity index is 1.75. The number of halogens is 1. The third-order valence-corrected chi connectivity index (χ3v) is 7.12. The van der Waals surface area contributed by atoms with Gasteiger partial charge in [0.2, 0.25) is 5.91 Å². The van der Waals surface area contributed by atoms with E-state index in [4.69, 9.17) is 16.6 Å². The first-order valence-corrected chi connectivity index (χ1v) is 13.2. The molecule has 1 aromatic heterocycles. The minimum Gasteiger partial charge on any atom is -0.370 e. The van der Waals surface area contributed by atoms with E-state index in [1.165, 1.54) is 4.57 Å². The highest BCUT2D eigenvalue weighted by Gasteiger charge is 2.21. The maximum Gasteiger partial charge on any atom is 0.262 e. The number of benzene rings is 2. The van der Waals surface area contributed by atoms with Crippen LogP contribution in [-0.2, 0) is 11.3 Å². The van der Waals surface area contributed by atoms with Gasteiger partial charge in [0, 0.05) is 54.5 Å². The fourth-order valence-electron chi connectivity index (χ4n) is 4.81. The fourth-order valence-corrected chi connectivity index (χ4v) is 5.00. The Morgan fingerprint density at radius 2 is 1.89 bits per heavy atom. The molecule has 0 spiro atoms. The summed E-state index contributed by atoms with van der Waals surface area (Å²) >= 11 is 6.24. The second kappa shape index (κ2) is 11.4. The van der Waals surface area contributed by atoms with Crippen molar-refractivity contribution >= 4 is 34.1 Å². The first-order valence-electron chi connectivity index (χ1n) is 12.9. The van der Waals surface area contributed by atoms with Crippen LogP contribution in [-0.4, -0.2) is 58.6 Å². The van der Waals surface area contributed by atoms with Crippen LogP contribution in [0.3, 0.4) is 0 Å². The van der Waals surface area contributed by atoms with Crippen LogP contribution < -0.4 is 15.8 Å². The van der Waals surface area contributed by atoms with Gasteiger partial charge in [-0.3, -0.25) is 19.1 Å². The van der Waals surface area contributed by atoms with E-state index >= 15 is 0 Å². The van der Waals surface area contributed by atoms with Crippen molar-refractivity contribution in [1.29, 1.82) is 0 Å². The summed E-state index contributed by atoms with van der Waals surface area (Å²) in [5, 5.41) is 3.94. The van der Waals surface area contributed by atoms with Crippen molar-refractivity contribution in [2.24, 2.45) is 0 Å². The van der Waals surface area contributed by atoms with E-state index in [9.17, 15) is 9.59 Å². The van der Waals surface area contributed by atoms with Gasteiger partial charge >= 0.3 is 0 Å². The Hall–Kier alpha value is -2.90. The summed E-state index contributed by atoms with van der Waals surface area (Å²) in [7, 11) is 0. The maximum atomic E-state index is 13.8. The first kappa shape index (κ1) is 26.2. The molecule has 7 nitrogen and oxygen atoms in total. The highest BCUT2D eigenvalue weighted by atomic mass is 35.5. The number of carbonyl (C=O) groups excluding carboxylic acids is 1. The maximum absolute atomic E-state index is 13.8. The van der Waals surface area contributed by atoms with E-state index in [0.29, 0.717) is 33.4 Å². The molecular formula is C28H36ClN5O2. The molecule has 192 valence electrons. The van der Waals surface area contributed by atoms with Gasteiger partial charge in [-0.05, 0) is 63.9 Å². The Morgan fingerprint density at radius 1 is 1.08 bits per heavy atom. The number of nitrogens with zero attached hydrogens (tertiary/aromatic N) is 4.